The van der Waals surface area contributed by atoms with E-state index in [2.05, 4.69) is 36.6 Å². The van der Waals surface area contributed by atoms with Gasteiger partial charge in [-0.2, -0.15) is 11.8 Å². The third kappa shape index (κ3) is 4.80. The van der Waals surface area contributed by atoms with Gasteiger partial charge in [0.15, 0.2) is 11.8 Å². The highest BCUT2D eigenvalue weighted by Crippen LogP contribution is 2.13. The van der Waals surface area contributed by atoms with Gasteiger partial charge >= 0.3 is 0 Å². The number of rotatable bonds is 5. The molecule has 0 aliphatic carbocycles. The van der Waals surface area contributed by atoms with Crippen LogP contribution >= 0.6 is 35.7 Å². The van der Waals surface area contributed by atoms with Gasteiger partial charge in [0.2, 0.25) is 0 Å². The molecule has 0 unspecified atom stereocenters. The van der Waals surface area contributed by atoms with Crippen molar-refractivity contribution in [1.29, 1.82) is 0 Å². The molecular weight excluding hydrogens is 387 g/mol. The molecule has 0 spiro atoms. The largest absolute Gasteiger partial charge is 0.356 e. The molecule has 2 heterocycles. The van der Waals surface area contributed by atoms with Crippen molar-refractivity contribution in [1.82, 2.24) is 25.4 Å². The van der Waals surface area contributed by atoms with Gasteiger partial charge < -0.3 is 15.2 Å². The fourth-order valence-electron chi connectivity index (χ4n) is 2.15. The van der Waals surface area contributed by atoms with Crippen molar-refractivity contribution >= 4 is 41.7 Å². The summed E-state index contributed by atoms with van der Waals surface area (Å²) < 4.78 is 2.23. The first-order valence-corrected chi connectivity index (χ1v) is 8.09. The van der Waals surface area contributed by atoms with Gasteiger partial charge in [-0.1, -0.05) is 0 Å². The van der Waals surface area contributed by atoms with Gasteiger partial charge in [-0.25, -0.2) is 0 Å². The Balaban J connectivity index is 0.00000200. The number of aromatic nitrogens is 3. The van der Waals surface area contributed by atoms with Crippen LogP contribution in [0.1, 0.15) is 24.5 Å². The monoisotopic (exact) mass is 410 g/mol. The first kappa shape index (κ1) is 17.5. The third-order valence-corrected chi connectivity index (χ3v) is 3.78. The summed E-state index contributed by atoms with van der Waals surface area (Å²) >= 11 is 1.82. The summed E-state index contributed by atoms with van der Waals surface area (Å²) in [5, 5.41) is 15.1. The first-order valence-electron chi connectivity index (χ1n) is 6.69. The summed E-state index contributed by atoms with van der Waals surface area (Å²) in [5.74, 6) is 4.01. The predicted octanol–water partition coefficient (Wildman–Crippen LogP) is 1.26. The van der Waals surface area contributed by atoms with Crippen molar-refractivity contribution in [2.75, 3.05) is 25.6 Å². The van der Waals surface area contributed by atoms with Crippen LogP contribution in [0.3, 0.4) is 0 Å². The van der Waals surface area contributed by atoms with Gasteiger partial charge in [-0.3, -0.25) is 4.99 Å². The van der Waals surface area contributed by atoms with E-state index >= 15 is 0 Å². The Kier molecular flexibility index (Phi) is 8.27. The molecule has 6 nitrogen and oxygen atoms in total. The zero-order valence-electron chi connectivity index (χ0n) is 12.1. The quantitative estimate of drug-likeness (QED) is 0.331. The molecule has 8 heteroatoms. The summed E-state index contributed by atoms with van der Waals surface area (Å²) in [5.41, 5.74) is 0. The minimum atomic E-state index is 0. The Morgan fingerprint density at radius 3 is 2.95 bits per heavy atom. The normalized spacial score (nSPS) is 14.4. The number of aliphatic imine (C=N–C) groups is 1. The summed E-state index contributed by atoms with van der Waals surface area (Å²) in [6.45, 7) is 2.63. The summed E-state index contributed by atoms with van der Waals surface area (Å²) in [7, 11) is 1.79. The highest BCUT2D eigenvalue weighted by molar-refractivity contribution is 14.0. The number of aryl methyl sites for hydroxylation is 1. The number of nitrogens with zero attached hydrogens (tertiary/aromatic N) is 4. The lowest BCUT2D eigenvalue weighted by atomic mass is 10.2. The average molecular weight is 410 g/mol. The number of guanidine groups is 1. The van der Waals surface area contributed by atoms with E-state index in [4.69, 9.17) is 0 Å². The molecule has 1 aromatic heterocycles. The highest BCUT2D eigenvalue weighted by Gasteiger charge is 2.15. The number of hydrogen-bond acceptors (Lipinski definition) is 4. The lowest BCUT2D eigenvalue weighted by Crippen LogP contribution is -2.38. The van der Waals surface area contributed by atoms with Crippen molar-refractivity contribution < 1.29 is 0 Å². The van der Waals surface area contributed by atoms with E-state index in [-0.39, 0.29) is 24.0 Å². The SMILES string of the molecule is CN=C(NCCSC)NCc1nnc2n1CCCC2.I. The Hall–Kier alpha value is -0.510. The molecule has 20 heavy (non-hydrogen) atoms. The van der Waals surface area contributed by atoms with Crippen LogP contribution in [0.2, 0.25) is 0 Å². The van der Waals surface area contributed by atoms with Crippen molar-refractivity contribution in [3.05, 3.63) is 11.6 Å². The Bertz CT molecular complexity index is 434. The molecule has 0 fully saturated rings. The predicted molar refractivity (Wildman–Crippen MR) is 95.0 cm³/mol. The molecule has 0 saturated heterocycles. The number of hydrogen-bond donors (Lipinski definition) is 2. The minimum absolute atomic E-state index is 0. The van der Waals surface area contributed by atoms with E-state index < -0.39 is 0 Å². The molecule has 1 aromatic rings. The second-order valence-electron chi connectivity index (χ2n) is 4.49. The van der Waals surface area contributed by atoms with Gasteiger partial charge in [0.1, 0.15) is 5.82 Å². The Labute approximate surface area is 141 Å². The number of halogens is 1. The third-order valence-electron chi connectivity index (χ3n) is 3.17. The molecule has 1 aliphatic rings. The van der Waals surface area contributed by atoms with E-state index in [0.29, 0.717) is 6.54 Å². The molecule has 0 atom stereocenters. The molecular formula is C12H23IN6S. The first-order chi connectivity index (χ1) is 9.35. The lowest BCUT2D eigenvalue weighted by Gasteiger charge is -2.16. The van der Waals surface area contributed by atoms with E-state index in [9.17, 15) is 0 Å². The number of nitrogens with one attached hydrogen (secondary N) is 2. The van der Waals surface area contributed by atoms with Crippen molar-refractivity contribution in [3.63, 3.8) is 0 Å². The molecule has 0 aromatic carbocycles. The van der Waals surface area contributed by atoms with Crippen LogP contribution in [0.15, 0.2) is 4.99 Å². The minimum Gasteiger partial charge on any atom is -0.356 e. The van der Waals surface area contributed by atoms with E-state index in [0.717, 1.165) is 42.9 Å². The van der Waals surface area contributed by atoms with Crippen LogP contribution in [0.5, 0.6) is 0 Å². The molecule has 0 radical (unpaired) electrons. The summed E-state index contributed by atoms with van der Waals surface area (Å²) in [6, 6.07) is 0. The van der Waals surface area contributed by atoms with Crippen LogP contribution in [-0.2, 0) is 19.5 Å². The fourth-order valence-corrected chi connectivity index (χ4v) is 2.46. The van der Waals surface area contributed by atoms with E-state index in [1.165, 1.54) is 12.8 Å². The molecule has 114 valence electrons. The van der Waals surface area contributed by atoms with Gasteiger partial charge in [0.05, 0.1) is 6.54 Å². The maximum absolute atomic E-state index is 4.26. The fraction of sp³-hybridized carbons (Fsp3) is 0.750. The molecule has 2 N–H and O–H groups in total. The maximum Gasteiger partial charge on any atom is 0.191 e. The second kappa shape index (κ2) is 9.43. The van der Waals surface area contributed by atoms with E-state index in [1.54, 1.807) is 7.05 Å². The number of fused-ring (bicyclic) bond motifs is 1. The van der Waals surface area contributed by atoms with Crippen LogP contribution in [0, 0.1) is 0 Å². The smallest absolute Gasteiger partial charge is 0.191 e. The zero-order valence-corrected chi connectivity index (χ0v) is 15.2. The van der Waals surface area contributed by atoms with Crippen LogP contribution in [0.25, 0.3) is 0 Å². The topological polar surface area (TPSA) is 67.1 Å². The molecule has 1 aliphatic heterocycles. The van der Waals surface area contributed by atoms with Crippen molar-refractivity contribution in [2.45, 2.75) is 32.4 Å². The van der Waals surface area contributed by atoms with Gasteiger partial charge in [-0.05, 0) is 19.1 Å². The summed E-state index contributed by atoms with van der Waals surface area (Å²) in [6.07, 6.45) is 5.59. The summed E-state index contributed by atoms with van der Waals surface area (Å²) in [4.78, 5) is 4.20. The molecule has 0 saturated carbocycles. The van der Waals surface area contributed by atoms with Crippen LogP contribution in [0.4, 0.5) is 0 Å². The zero-order chi connectivity index (χ0) is 13.5. The standard InChI is InChI=1S/C12H22N6S.HI/c1-13-12(14-6-8-19-2)15-9-11-17-16-10-5-3-4-7-18(10)11;/h3-9H2,1-2H3,(H2,13,14,15);1H. The number of thioether (sulfide) groups is 1. The average Bonchev–Trinajstić information content (AvgIpc) is 2.86. The molecule has 0 amide bonds. The second-order valence-corrected chi connectivity index (χ2v) is 5.47. The van der Waals surface area contributed by atoms with Gasteiger partial charge in [0, 0.05) is 32.3 Å². The lowest BCUT2D eigenvalue weighted by molar-refractivity contribution is 0.504. The molecule has 2 rings (SSSR count). The maximum atomic E-state index is 4.26. The van der Waals surface area contributed by atoms with E-state index in [1.807, 2.05) is 11.8 Å². The van der Waals surface area contributed by atoms with Crippen molar-refractivity contribution in [3.8, 4) is 0 Å². The molecule has 0 bridgehead atoms. The Morgan fingerprint density at radius 1 is 1.35 bits per heavy atom. The van der Waals surface area contributed by atoms with Crippen LogP contribution in [-0.4, -0.2) is 46.3 Å². The van der Waals surface area contributed by atoms with Crippen molar-refractivity contribution in [2.24, 2.45) is 4.99 Å². The van der Waals surface area contributed by atoms with Gasteiger partial charge in [-0.15, -0.1) is 34.2 Å². The van der Waals surface area contributed by atoms with Crippen LogP contribution < -0.4 is 10.6 Å². The Morgan fingerprint density at radius 2 is 2.20 bits per heavy atom. The van der Waals surface area contributed by atoms with Gasteiger partial charge in [0.25, 0.3) is 0 Å². The highest BCUT2D eigenvalue weighted by atomic mass is 127.